The van der Waals surface area contributed by atoms with Crippen molar-refractivity contribution in [2.45, 2.75) is 49.0 Å². The number of nitrogens with two attached hydrogens (primary N) is 1. The van der Waals surface area contributed by atoms with E-state index in [1.807, 2.05) is 0 Å². The molecule has 2 rings (SSSR count). The van der Waals surface area contributed by atoms with Crippen LogP contribution in [0.3, 0.4) is 0 Å². The van der Waals surface area contributed by atoms with Crippen molar-refractivity contribution >= 4 is 26.0 Å². The zero-order valence-corrected chi connectivity index (χ0v) is 13.8. The Morgan fingerprint density at radius 3 is 2.45 bits per heavy atom. The molecule has 0 radical (unpaired) electrons. The van der Waals surface area contributed by atoms with E-state index in [0.717, 1.165) is 30.2 Å². The number of benzene rings is 1. The molecule has 4 nitrogen and oxygen atoms in total. The largest absolute Gasteiger partial charge is 0.324 e. The van der Waals surface area contributed by atoms with Gasteiger partial charge < -0.3 is 5.73 Å². The SMILES string of the molecule is NC1(CNS(=O)(=O)c2cccc(Br)c2)CCCCCC1. The monoisotopic (exact) mass is 360 g/mol. The topological polar surface area (TPSA) is 72.2 Å². The zero-order chi connectivity index (χ0) is 14.6. The molecule has 0 aliphatic heterocycles. The highest BCUT2D eigenvalue weighted by atomic mass is 79.9. The summed E-state index contributed by atoms with van der Waals surface area (Å²) in [5, 5.41) is 0. The van der Waals surface area contributed by atoms with Crippen LogP contribution in [0.25, 0.3) is 0 Å². The molecule has 1 aliphatic carbocycles. The molecule has 1 aliphatic rings. The van der Waals surface area contributed by atoms with Crippen molar-refractivity contribution in [1.82, 2.24) is 4.72 Å². The van der Waals surface area contributed by atoms with Gasteiger partial charge in [-0.3, -0.25) is 0 Å². The second-order valence-corrected chi connectivity index (χ2v) is 8.24. The minimum atomic E-state index is -3.49. The minimum absolute atomic E-state index is 0.268. The molecule has 6 heteroatoms. The Balaban J connectivity index is 2.05. The van der Waals surface area contributed by atoms with E-state index in [0.29, 0.717) is 6.54 Å². The number of sulfonamides is 1. The summed E-state index contributed by atoms with van der Waals surface area (Å²) in [5.74, 6) is 0. The average Bonchev–Trinajstić information content (AvgIpc) is 2.62. The van der Waals surface area contributed by atoms with Gasteiger partial charge in [-0.25, -0.2) is 13.1 Å². The van der Waals surface area contributed by atoms with E-state index in [1.54, 1.807) is 24.3 Å². The average molecular weight is 361 g/mol. The van der Waals surface area contributed by atoms with Crippen LogP contribution >= 0.6 is 15.9 Å². The maximum atomic E-state index is 12.3. The molecular weight excluding hydrogens is 340 g/mol. The second-order valence-electron chi connectivity index (χ2n) is 5.56. The fraction of sp³-hybridized carbons (Fsp3) is 0.571. The molecule has 0 unspecified atom stereocenters. The summed E-state index contributed by atoms with van der Waals surface area (Å²) >= 11 is 3.29. The van der Waals surface area contributed by atoms with E-state index in [9.17, 15) is 8.42 Å². The van der Waals surface area contributed by atoms with Crippen LogP contribution < -0.4 is 10.5 Å². The van der Waals surface area contributed by atoms with Crippen molar-refractivity contribution in [2.24, 2.45) is 5.73 Å². The molecule has 20 heavy (non-hydrogen) atoms. The van der Waals surface area contributed by atoms with Crippen LogP contribution in [-0.2, 0) is 10.0 Å². The maximum Gasteiger partial charge on any atom is 0.240 e. The molecule has 0 aromatic heterocycles. The van der Waals surface area contributed by atoms with Crippen LogP contribution in [0.4, 0.5) is 0 Å². The van der Waals surface area contributed by atoms with Crippen LogP contribution in [0.15, 0.2) is 33.6 Å². The van der Waals surface area contributed by atoms with E-state index < -0.39 is 15.6 Å². The second kappa shape index (κ2) is 6.56. The summed E-state index contributed by atoms with van der Waals surface area (Å²) in [7, 11) is -3.49. The maximum absolute atomic E-state index is 12.3. The molecule has 1 saturated carbocycles. The smallest absolute Gasteiger partial charge is 0.240 e. The van der Waals surface area contributed by atoms with Crippen molar-refractivity contribution in [3.8, 4) is 0 Å². The highest BCUT2D eigenvalue weighted by Crippen LogP contribution is 2.25. The number of rotatable bonds is 4. The third-order valence-corrected chi connectivity index (χ3v) is 5.71. The van der Waals surface area contributed by atoms with Gasteiger partial charge in [-0.1, -0.05) is 47.7 Å². The highest BCUT2D eigenvalue weighted by molar-refractivity contribution is 9.10. The van der Waals surface area contributed by atoms with Crippen molar-refractivity contribution in [3.05, 3.63) is 28.7 Å². The van der Waals surface area contributed by atoms with Gasteiger partial charge in [0.25, 0.3) is 0 Å². The molecular formula is C14H21BrN2O2S. The molecule has 1 aromatic rings. The van der Waals surface area contributed by atoms with Gasteiger partial charge in [0.05, 0.1) is 4.90 Å². The number of halogens is 1. The lowest BCUT2D eigenvalue weighted by Crippen LogP contribution is -2.49. The molecule has 1 fully saturated rings. The van der Waals surface area contributed by atoms with Gasteiger partial charge in [0.1, 0.15) is 0 Å². The molecule has 0 spiro atoms. The third-order valence-electron chi connectivity index (χ3n) is 3.82. The molecule has 0 amide bonds. The number of nitrogens with one attached hydrogen (secondary N) is 1. The first kappa shape index (κ1) is 15.9. The van der Waals surface area contributed by atoms with Gasteiger partial charge >= 0.3 is 0 Å². The van der Waals surface area contributed by atoms with Gasteiger partial charge in [-0.15, -0.1) is 0 Å². The Hall–Kier alpha value is -0.430. The lowest BCUT2D eigenvalue weighted by molar-refractivity contribution is 0.369. The fourth-order valence-corrected chi connectivity index (χ4v) is 4.30. The van der Waals surface area contributed by atoms with Crippen molar-refractivity contribution in [1.29, 1.82) is 0 Å². The molecule has 0 atom stereocenters. The van der Waals surface area contributed by atoms with Crippen LogP contribution in [0.5, 0.6) is 0 Å². The normalized spacial score (nSPS) is 19.5. The lowest BCUT2D eigenvalue weighted by atomic mass is 9.92. The summed E-state index contributed by atoms with van der Waals surface area (Å²) in [6.07, 6.45) is 6.31. The van der Waals surface area contributed by atoms with Gasteiger partial charge in [-0.05, 0) is 31.0 Å². The van der Waals surface area contributed by atoms with E-state index in [-0.39, 0.29) is 4.90 Å². The summed E-state index contributed by atoms with van der Waals surface area (Å²) in [6, 6.07) is 6.69. The Morgan fingerprint density at radius 2 is 1.85 bits per heavy atom. The van der Waals surface area contributed by atoms with Crippen LogP contribution in [0.1, 0.15) is 38.5 Å². The van der Waals surface area contributed by atoms with E-state index in [2.05, 4.69) is 20.7 Å². The predicted molar refractivity (Wildman–Crippen MR) is 84.0 cm³/mol. The van der Waals surface area contributed by atoms with E-state index in [1.165, 1.54) is 12.8 Å². The summed E-state index contributed by atoms with van der Waals surface area (Å²) in [6.45, 7) is 0.307. The Morgan fingerprint density at radius 1 is 1.20 bits per heavy atom. The minimum Gasteiger partial charge on any atom is -0.324 e. The van der Waals surface area contributed by atoms with E-state index >= 15 is 0 Å². The summed E-state index contributed by atoms with van der Waals surface area (Å²) in [5.41, 5.74) is 5.93. The predicted octanol–water partition coefficient (Wildman–Crippen LogP) is 2.78. The van der Waals surface area contributed by atoms with Gasteiger partial charge in [0.15, 0.2) is 0 Å². The first-order chi connectivity index (χ1) is 9.41. The Labute approximate surface area is 129 Å². The molecule has 0 heterocycles. The molecule has 1 aromatic carbocycles. The van der Waals surface area contributed by atoms with Crippen LogP contribution in [0.2, 0.25) is 0 Å². The fourth-order valence-electron chi connectivity index (χ4n) is 2.57. The van der Waals surface area contributed by atoms with Gasteiger partial charge in [0.2, 0.25) is 10.0 Å². The lowest BCUT2D eigenvalue weighted by Gasteiger charge is -2.28. The first-order valence-electron chi connectivity index (χ1n) is 6.95. The molecule has 112 valence electrons. The first-order valence-corrected chi connectivity index (χ1v) is 9.23. The Kier molecular flexibility index (Phi) is 5.23. The molecule has 0 saturated heterocycles. The van der Waals surface area contributed by atoms with Crippen molar-refractivity contribution in [2.75, 3.05) is 6.54 Å². The van der Waals surface area contributed by atoms with Crippen LogP contribution in [-0.4, -0.2) is 20.5 Å². The number of hydrogen-bond acceptors (Lipinski definition) is 3. The third kappa shape index (κ3) is 4.28. The van der Waals surface area contributed by atoms with Crippen molar-refractivity contribution in [3.63, 3.8) is 0 Å². The van der Waals surface area contributed by atoms with Gasteiger partial charge in [0, 0.05) is 16.6 Å². The Bertz CT molecular complexity index is 552. The molecule has 3 N–H and O–H groups in total. The van der Waals surface area contributed by atoms with Crippen LogP contribution in [0, 0.1) is 0 Å². The highest BCUT2D eigenvalue weighted by Gasteiger charge is 2.28. The van der Waals surface area contributed by atoms with Gasteiger partial charge in [-0.2, -0.15) is 0 Å². The quantitative estimate of drug-likeness (QED) is 0.810. The summed E-state index contributed by atoms with van der Waals surface area (Å²) in [4.78, 5) is 0.268. The van der Waals surface area contributed by atoms with E-state index in [4.69, 9.17) is 5.73 Å². The number of hydrogen-bond donors (Lipinski definition) is 2. The zero-order valence-electron chi connectivity index (χ0n) is 11.4. The van der Waals surface area contributed by atoms with Crippen molar-refractivity contribution < 1.29 is 8.42 Å². The molecule has 0 bridgehead atoms. The summed E-state index contributed by atoms with van der Waals surface area (Å²) < 4.78 is 27.9. The standard InChI is InChI=1S/C14H21BrN2O2S/c15-12-6-5-7-13(10-12)20(18,19)17-11-14(16)8-3-1-2-4-9-14/h5-7,10,17H,1-4,8-9,11,16H2.